The molecule has 2 fully saturated rings. The summed E-state index contributed by atoms with van der Waals surface area (Å²) < 4.78 is 10.9. The van der Waals surface area contributed by atoms with Crippen molar-refractivity contribution in [1.82, 2.24) is 10.2 Å². The van der Waals surface area contributed by atoms with E-state index in [1.54, 1.807) is 0 Å². The van der Waals surface area contributed by atoms with Gasteiger partial charge in [0.1, 0.15) is 0 Å². The highest BCUT2D eigenvalue weighted by Crippen LogP contribution is 2.34. The largest absolute Gasteiger partial charge is 0.454 e. The highest BCUT2D eigenvalue weighted by Gasteiger charge is 2.28. The Bertz CT molecular complexity index is 649. The van der Waals surface area contributed by atoms with Crippen LogP contribution in [0.5, 0.6) is 11.5 Å². The summed E-state index contributed by atoms with van der Waals surface area (Å²) in [4.78, 5) is 15.3. The number of nitrogens with zero attached hydrogens (tertiary/aromatic N) is 1. The van der Waals surface area contributed by atoms with Gasteiger partial charge in [0.2, 0.25) is 12.7 Å². The van der Waals surface area contributed by atoms with Crippen LogP contribution in [-0.2, 0) is 11.3 Å². The van der Waals surface area contributed by atoms with E-state index < -0.39 is 0 Å². The molecule has 1 amide bonds. The lowest BCUT2D eigenvalue weighted by Crippen LogP contribution is -2.41. The van der Waals surface area contributed by atoms with Gasteiger partial charge in [-0.15, -0.1) is 0 Å². The Hall–Kier alpha value is -1.75. The summed E-state index contributed by atoms with van der Waals surface area (Å²) in [5, 5.41) is 3.41. The van der Waals surface area contributed by atoms with Gasteiger partial charge in [-0.05, 0) is 81.1 Å². The average Bonchev–Trinajstić information content (AvgIpc) is 3.36. The van der Waals surface area contributed by atoms with E-state index in [1.165, 1.54) is 19.3 Å². The molecule has 148 valence electrons. The van der Waals surface area contributed by atoms with Crippen LogP contribution in [-0.4, -0.2) is 36.7 Å². The van der Waals surface area contributed by atoms with Crippen LogP contribution < -0.4 is 14.8 Å². The van der Waals surface area contributed by atoms with Crippen molar-refractivity contribution in [3.63, 3.8) is 0 Å². The maximum atomic E-state index is 13.2. The Morgan fingerprint density at radius 3 is 2.74 bits per heavy atom. The molecule has 2 heterocycles. The smallest absolute Gasteiger partial charge is 0.231 e. The van der Waals surface area contributed by atoms with E-state index in [9.17, 15) is 4.79 Å². The quantitative estimate of drug-likeness (QED) is 0.827. The lowest BCUT2D eigenvalue weighted by molar-refractivity contribution is -0.135. The average molecular weight is 373 g/mol. The van der Waals surface area contributed by atoms with E-state index in [-0.39, 0.29) is 6.79 Å². The lowest BCUT2D eigenvalue weighted by atomic mass is 9.86. The summed E-state index contributed by atoms with van der Waals surface area (Å²) in [6, 6.07) is 6.45. The van der Waals surface area contributed by atoms with Crippen LogP contribution in [0.3, 0.4) is 0 Å². The SMILES string of the molecule is CC1CCC(N(Cc2ccc3c(c2)OCO3)C(=O)CCC2CCNC2)CC1. The van der Waals surface area contributed by atoms with Gasteiger partial charge >= 0.3 is 0 Å². The van der Waals surface area contributed by atoms with Gasteiger partial charge in [-0.3, -0.25) is 4.79 Å². The van der Waals surface area contributed by atoms with Crippen molar-refractivity contribution in [2.45, 2.75) is 64.5 Å². The van der Waals surface area contributed by atoms with Crippen molar-refractivity contribution < 1.29 is 14.3 Å². The number of benzene rings is 1. The third-order valence-corrected chi connectivity index (χ3v) is 6.47. The molecular weight excluding hydrogens is 340 g/mol. The summed E-state index contributed by atoms with van der Waals surface area (Å²) in [5.41, 5.74) is 1.13. The number of ether oxygens (including phenoxy) is 2. The molecule has 0 bridgehead atoms. The minimum Gasteiger partial charge on any atom is -0.454 e. The number of nitrogens with one attached hydrogen (secondary N) is 1. The van der Waals surface area contributed by atoms with Crippen LogP contribution in [0.1, 0.15) is 57.4 Å². The molecule has 1 saturated carbocycles. The van der Waals surface area contributed by atoms with Gasteiger partial charge in [-0.1, -0.05) is 13.0 Å². The Kier molecular flexibility index (Phi) is 5.86. The molecule has 0 spiro atoms. The molecule has 0 aromatic heterocycles. The van der Waals surface area contributed by atoms with E-state index in [4.69, 9.17) is 9.47 Å². The van der Waals surface area contributed by atoms with Crippen molar-refractivity contribution >= 4 is 5.91 Å². The van der Waals surface area contributed by atoms with Crippen LogP contribution in [0.4, 0.5) is 0 Å². The zero-order valence-electron chi connectivity index (χ0n) is 16.4. The van der Waals surface area contributed by atoms with Crippen LogP contribution in [0.15, 0.2) is 18.2 Å². The number of fused-ring (bicyclic) bond motifs is 1. The predicted molar refractivity (Wildman–Crippen MR) is 105 cm³/mol. The van der Waals surface area contributed by atoms with Crippen molar-refractivity contribution in [1.29, 1.82) is 0 Å². The fourth-order valence-corrected chi connectivity index (χ4v) is 4.64. The van der Waals surface area contributed by atoms with Gasteiger partial charge in [-0.25, -0.2) is 0 Å². The van der Waals surface area contributed by atoms with E-state index in [2.05, 4.69) is 23.2 Å². The normalized spacial score (nSPS) is 26.9. The molecule has 1 aromatic rings. The second-order valence-electron chi connectivity index (χ2n) is 8.52. The Morgan fingerprint density at radius 2 is 1.96 bits per heavy atom. The van der Waals surface area contributed by atoms with Gasteiger partial charge in [0.05, 0.1) is 0 Å². The number of hydrogen-bond donors (Lipinski definition) is 1. The highest BCUT2D eigenvalue weighted by molar-refractivity contribution is 5.76. The summed E-state index contributed by atoms with van der Waals surface area (Å²) in [7, 11) is 0. The summed E-state index contributed by atoms with van der Waals surface area (Å²) in [6.45, 7) is 5.46. The van der Waals surface area contributed by atoms with Crippen LogP contribution in [0.2, 0.25) is 0 Å². The summed E-state index contributed by atoms with van der Waals surface area (Å²) in [5.74, 6) is 3.37. The highest BCUT2D eigenvalue weighted by atomic mass is 16.7. The molecular formula is C22H32N2O3. The van der Waals surface area contributed by atoms with Crippen LogP contribution in [0.25, 0.3) is 0 Å². The number of carbonyl (C=O) groups is 1. The maximum absolute atomic E-state index is 13.2. The standard InChI is InChI=1S/C22H32N2O3/c1-16-2-6-19(7-3-16)24(22(25)9-5-17-10-11-23-13-17)14-18-4-8-20-21(12-18)27-15-26-20/h4,8,12,16-17,19,23H,2-3,5-7,9-11,13-15H2,1H3. The van der Waals surface area contributed by atoms with E-state index >= 15 is 0 Å². The number of amides is 1. The third kappa shape index (κ3) is 4.57. The molecule has 27 heavy (non-hydrogen) atoms. The maximum Gasteiger partial charge on any atom is 0.231 e. The molecule has 1 unspecified atom stereocenters. The van der Waals surface area contributed by atoms with Crippen LogP contribution >= 0.6 is 0 Å². The minimum atomic E-state index is 0.289. The van der Waals surface area contributed by atoms with Gasteiger partial charge in [0.15, 0.2) is 11.5 Å². The molecule has 4 rings (SSSR count). The number of carbonyl (C=O) groups excluding carboxylic acids is 1. The second kappa shape index (κ2) is 8.51. The van der Waals surface area contributed by atoms with E-state index in [0.717, 1.165) is 55.3 Å². The van der Waals surface area contributed by atoms with Crippen LogP contribution in [0, 0.1) is 11.8 Å². The van der Waals surface area contributed by atoms with E-state index in [1.807, 2.05) is 12.1 Å². The first-order chi connectivity index (χ1) is 13.2. The number of hydrogen-bond acceptors (Lipinski definition) is 4. The van der Waals surface area contributed by atoms with Gasteiger partial charge < -0.3 is 19.7 Å². The van der Waals surface area contributed by atoms with Crippen molar-refractivity contribution in [3.8, 4) is 11.5 Å². The minimum absolute atomic E-state index is 0.289. The lowest BCUT2D eigenvalue weighted by Gasteiger charge is -2.36. The molecule has 2 aliphatic heterocycles. The Balaban J connectivity index is 1.44. The Labute approximate surface area is 162 Å². The van der Waals surface area contributed by atoms with Crippen molar-refractivity contribution in [3.05, 3.63) is 23.8 Å². The molecule has 1 aromatic carbocycles. The molecule has 1 atom stereocenters. The third-order valence-electron chi connectivity index (χ3n) is 6.47. The van der Waals surface area contributed by atoms with E-state index in [0.29, 0.717) is 30.8 Å². The first-order valence-corrected chi connectivity index (χ1v) is 10.6. The fraction of sp³-hybridized carbons (Fsp3) is 0.682. The monoisotopic (exact) mass is 372 g/mol. The summed E-state index contributed by atoms with van der Waals surface area (Å²) in [6.07, 6.45) is 7.58. The summed E-state index contributed by atoms with van der Waals surface area (Å²) >= 11 is 0. The number of rotatable bonds is 6. The molecule has 1 aliphatic carbocycles. The zero-order valence-corrected chi connectivity index (χ0v) is 16.4. The molecule has 1 saturated heterocycles. The molecule has 0 radical (unpaired) electrons. The molecule has 5 nitrogen and oxygen atoms in total. The first kappa shape index (κ1) is 18.6. The zero-order chi connectivity index (χ0) is 18.6. The van der Waals surface area contributed by atoms with Crippen molar-refractivity contribution in [2.24, 2.45) is 11.8 Å². The predicted octanol–water partition coefficient (Wildman–Crippen LogP) is 3.71. The first-order valence-electron chi connectivity index (χ1n) is 10.6. The molecule has 5 heteroatoms. The van der Waals surface area contributed by atoms with Gasteiger partial charge in [0, 0.05) is 19.0 Å². The van der Waals surface area contributed by atoms with Gasteiger partial charge in [0.25, 0.3) is 0 Å². The Morgan fingerprint density at radius 1 is 1.15 bits per heavy atom. The fourth-order valence-electron chi connectivity index (χ4n) is 4.64. The molecule has 3 aliphatic rings. The second-order valence-corrected chi connectivity index (χ2v) is 8.52. The topological polar surface area (TPSA) is 50.8 Å². The van der Waals surface area contributed by atoms with Crippen molar-refractivity contribution in [2.75, 3.05) is 19.9 Å². The molecule has 1 N–H and O–H groups in total. The van der Waals surface area contributed by atoms with Gasteiger partial charge in [-0.2, -0.15) is 0 Å².